The molecule has 0 saturated heterocycles. The molecule has 0 saturated carbocycles. The summed E-state index contributed by atoms with van der Waals surface area (Å²) in [5.74, 6) is -1.55. The van der Waals surface area contributed by atoms with E-state index in [2.05, 4.69) is 0 Å². The van der Waals surface area contributed by atoms with Crippen LogP contribution < -0.4 is 0 Å². The topological polar surface area (TPSA) is 121 Å². The monoisotopic (exact) mass is 535 g/mol. The van der Waals surface area contributed by atoms with E-state index in [1.807, 2.05) is 0 Å². The molecule has 8 nitrogen and oxygen atoms in total. The SMILES string of the molecule is O=C(O[C@H](C(=O)c1ccc(Cl)cc1)c1ccccc1)c1ccccc1S(=O)(=O)c1ccc([N+](=O)[O-])cc1. The molecule has 0 fully saturated rings. The fraction of sp³-hybridized carbons (Fsp3) is 0.0370. The number of nitro benzene ring substituents is 1. The number of ether oxygens (including phenoxy) is 1. The molecule has 4 aromatic carbocycles. The molecule has 0 aliphatic rings. The first kappa shape index (κ1) is 25.7. The zero-order valence-electron chi connectivity index (χ0n) is 19.0. The molecule has 37 heavy (non-hydrogen) atoms. The first-order chi connectivity index (χ1) is 17.7. The molecule has 0 amide bonds. The predicted molar refractivity (Wildman–Crippen MR) is 135 cm³/mol. The minimum absolute atomic E-state index is 0.241. The van der Waals surface area contributed by atoms with E-state index in [1.54, 1.807) is 30.3 Å². The zero-order valence-corrected chi connectivity index (χ0v) is 20.6. The number of non-ortho nitro benzene ring substituents is 1. The Kier molecular flexibility index (Phi) is 7.47. The second-order valence-electron chi connectivity index (χ2n) is 7.82. The molecule has 0 unspecified atom stereocenters. The van der Waals surface area contributed by atoms with Crippen LogP contribution in [0.15, 0.2) is 113 Å². The van der Waals surface area contributed by atoms with Gasteiger partial charge in [-0.25, -0.2) is 13.2 Å². The minimum Gasteiger partial charge on any atom is -0.445 e. The van der Waals surface area contributed by atoms with Gasteiger partial charge in [0.05, 0.1) is 20.3 Å². The second kappa shape index (κ2) is 10.7. The lowest BCUT2D eigenvalue weighted by atomic mass is 9.99. The average Bonchev–Trinajstić information content (AvgIpc) is 2.92. The molecule has 0 N–H and O–H groups in total. The Morgan fingerprint density at radius 3 is 2.03 bits per heavy atom. The van der Waals surface area contributed by atoms with E-state index in [9.17, 15) is 28.1 Å². The van der Waals surface area contributed by atoms with Crippen molar-refractivity contribution in [1.29, 1.82) is 0 Å². The van der Waals surface area contributed by atoms with Gasteiger partial charge in [-0.3, -0.25) is 14.9 Å². The highest BCUT2D eigenvalue weighted by atomic mass is 35.5. The molecule has 0 bridgehead atoms. The molecule has 0 heterocycles. The van der Waals surface area contributed by atoms with E-state index >= 15 is 0 Å². The van der Waals surface area contributed by atoms with Gasteiger partial charge in [0, 0.05) is 28.3 Å². The highest BCUT2D eigenvalue weighted by molar-refractivity contribution is 7.91. The highest BCUT2D eigenvalue weighted by Gasteiger charge is 2.30. The zero-order chi connectivity index (χ0) is 26.6. The number of ketones is 1. The third-order valence-electron chi connectivity index (χ3n) is 5.45. The fourth-order valence-electron chi connectivity index (χ4n) is 3.58. The van der Waals surface area contributed by atoms with E-state index in [0.717, 1.165) is 24.3 Å². The Hall–Kier alpha value is -4.34. The number of sulfone groups is 1. The molecule has 4 aromatic rings. The summed E-state index contributed by atoms with van der Waals surface area (Å²) >= 11 is 5.93. The van der Waals surface area contributed by atoms with Crippen LogP contribution in [-0.4, -0.2) is 25.1 Å². The molecule has 10 heteroatoms. The minimum atomic E-state index is -4.26. The maximum absolute atomic E-state index is 13.3. The standard InChI is InChI=1S/C27H18ClNO7S/c28-20-12-10-18(11-13-20)25(30)26(19-6-2-1-3-7-19)36-27(31)23-8-4-5-9-24(23)37(34,35)22-16-14-21(15-17-22)29(32)33/h1-17,26H/t26-/m0/s1. The molecule has 4 rings (SSSR count). The van der Waals surface area contributed by atoms with E-state index < -0.39 is 32.6 Å². The number of halogens is 1. The Balaban J connectivity index is 1.71. The Bertz CT molecular complexity index is 1570. The summed E-state index contributed by atoms with van der Waals surface area (Å²) in [6.07, 6.45) is -1.36. The molecule has 0 aliphatic heterocycles. The van der Waals surface area contributed by atoms with Gasteiger partial charge in [-0.2, -0.15) is 0 Å². The summed E-state index contributed by atoms with van der Waals surface area (Å²) in [5, 5.41) is 11.4. The number of hydrogen-bond donors (Lipinski definition) is 0. The quantitative estimate of drug-likeness (QED) is 0.120. The largest absolute Gasteiger partial charge is 0.445 e. The summed E-state index contributed by atoms with van der Waals surface area (Å²) in [6.45, 7) is 0. The number of nitro groups is 1. The van der Waals surface area contributed by atoms with Gasteiger partial charge < -0.3 is 4.74 Å². The first-order valence-electron chi connectivity index (χ1n) is 10.8. The number of hydrogen-bond acceptors (Lipinski definition) is 7. The number of nitrogens with zero attached hydrogens (tertiary/aromatic N) is 1. The van der Waals surface area contributed by atoms with Gasteiger partial charge in [0.25, 0.3) is 5.69 Å². The van der Waals surface area contributed by atoms with Crippen LogP contribution in [0.25, 0.3) is 0 Å². The second-order valence-corrected chi connectivity index (χ2v) is 10.2. The lowest BCUT2D eigenvalue weighted by molar-refractivity contribution is -0.384. The number of esters is 1. The number of carbonyl (C=O) groups is 2. The van der Waals surface area contributed by atoms with Gasteiger partial charge in [0.2, 0.25) is 15.6 Å². The predicted octanol–water partition coefficient (Wildman–Crippen LogP) is 5.86. The van der Waals surface area contributed by atoms with Crippen molar-refractivity contribution in [2.45, 2.75) is 15.9 Å². The van der Waals surface area contributed by atoms with E-state index in [0.29, 0.717) is 10.6 Å². The maximum Gasteiger partial charge on any atom is 0.340 e. The smallest absolute Gasteiger partial charge is 0.340 e. The van der Waals surface area contributed by atoms with Crippen LogP contribution in [0.2, 0.25) is 5.02 Å². The van der Waals surface area contributed by atoms with Crippen LogP contribution in [0.5, 0.6) is 0 Å². The fourth-order valence-corrected chi connectivity index (χ4v) is 5.15. The van der Waals surface area contributed by atoms with Crippen molar-refractivity contribution in [2.75, 3.05) is 0 Å². The van der Waals surface area contributed by atoms with E-state index in [-0.39, 0.29) is 26.6 Å². The van der Waals surface area contributed by atoms with E-state index in [4.69, 9.17) is 16.3 Å². The molecule has 0 aliphatic carbocycles. The molecule has 186 valence electrons. The normalized spacial score (nSPS) is 11.9. The average molecular weight is 536 g/mol. The lowest BCUT2D eigenvalue weighted by Gasteiger charge is -2.18. The summed E-state index contributed by atoms with van der Waals surface area (Å²) in [6, 6.07) is 24.1. The van der Waals surface area contributed by atoms with Crippen molar-refractivity contribution in [3.63, 3.8) is 0 Å². The van der Waals surface area contributed by atoms with Crippen LogP contribution >= 0.6 is 11.6 Å². The number of carbonyl (C=O) groups excluding carboxylic acids is 2. The number of benzene rings is 4. The van der Waals surface area contributed by atoms with Crippen LogP contribution in [-0.2, 0) is 14.6 Å². The van der Waals surface area contributed by atoms with Crippen molar-refractivity contribution < 1.29 is 27.7 Å². The number of Topliss-reactive ketones (excluding diaryl/α,β-unsaturated/α-hetero) is 1. The van der Waals surface area contributed by atoms with Gasteiger partial charge in [-0.15, -0.1) is 0 Å². The maximum atomic E-state index is 13.3. The van der Waals surface area contributed by atoms with Crippen molar-refractivity contribution in [3.8, 4) is 0 Å². The molecule has 1 atom stereocenters. The van der Waals surface area contributed by atoms with Crippen molar-refractivity contribution in [1.82, 2.24) is 0 Å². The molecule has 0 aromatic heterocycles. The summed E-state index contributed by atoms with van der Waals surface area (Å²) in [4.78, 5) is 36.3. The van der Waals surface area contributed by atoms with Gasteiger partial charge >= 0.3 is 5.97 Å². The van der Waals surface area contributed by atoms with Crippen LogP contribution in [0.4, 0.5) is 5.69 Å². The Labute approximate surface area is 217 Å². The summed E-state index contributed by atoms with van der Waals surface area (Å²) < 4.78 is 32.3. The van der Waals surface area contributed by atoms with Crippen molar-refractivity contribution in [3.05, 3.63) is 135 Å². The number of rotatable bonds is 8. The van der Waals surface area contributed by atoms with Gasteiger partial charge in [0.15, 0.2) is 6.10 Å². The summed E-state index contributed by atoms with van der Waals surface area (Å²) in [7, 11) is -4.26. The third kappa shape index (κ3) is 5.58. The van der Waals surface area contributed by atoms with Gasteiger partial charge in [-0.05, 0) is 48.5 Å². The van der Waals surface area contributed by atoms with Gasteiger partial charge in [0.1, 0.15) is 0 Å². The third-order valence-corrected chi connectivity index (χ3v) is 7.53. The van der Waals surface area contributed by atoms with Crippen LogP contribution in [0, 0.1) is 10.1 Å². The highest BCUT2D eigenvalue weighted by Crippen LogP contribution is 2.29. The lowest BCUT2D eigenvalue weighted by Crippen LogP contribution is -2.21. The Morgan fingerprint density at radius 2 is 1.41 bits per heavy atom. The van der Waals surface area contributed by atoms with Gasteiger partial charge in [-0.1, -0.05) is 54.1 Å². The molecule has 0 spiro atoms. The van der Waals surface area contributed by atoms with E-state index in [1.165, 1.54) is 48.5 Å². The first-order valence-corrected chi connectivity index (χ1v) is 12.7. The van der Waals surface area contributed by atoms with Crippen LogP contribution in [0.1, 0.15) is 32.4 Å². The summed E-state index contributed by atoms with van der Waals surface area (Å²) in [5.41, 5.74) is 0.0769. The van der Waals surface area contributed by atoms with Crippen LogP contribution in [0.3, 0.4) is 0 Å². The Morgan fingerprint density at radius 1 is 0.811 bits per heavy atom. The molecular formula is C27H18ClNO7S. The molecule has 0 radical (unpaired) electrons. The molecular weight excluding hydrogens is 518 g/mol. The van der Waals surface area contributed by atoms with Crippen molar-refractivity contribution >= 4 is 38.9 Å². The van der Waals surface area contributed by atoms with Crippen molar-refractivity contribution in [2.24, 2.45) is 0 Å².